The Bertz CT molecular complexity index is 874. The third-order valence-electron chi connectivity index (χ3n) is 3.71. The second kappa shape index (κ2) is 5.83. The lowest BCUT2D eigenvalue weighted by atomic mass is 9.99. The van der Waals surface area contributed by atoms with Crippen molar-refractivity contribution in [1.82, 2.24) is 0 Å². The molecule has 0 saturated carbocycles. The van der Waals surface area contributed by atoms with Crippen LogP contribution in [-0.4, -0.2) is 14.2 Å². The van der Waals surface area contributed by atoms with Gasteiger partial charge in [0.25, 0.3) is 0 Å². The fourth-order valence-corrected chi connectivity index (χ4v) is 2.50. The fourth-order valence-electron chi connectivity index (χ4n) is 2.50. The summed E-state index contributed by atoms with van der Waals surface area (Å²) < 4.78 is 52.8. The van der Waals surface area contributed by atoms with Gasteiger partial charge in [-0.25, -0.2) is 13.2 Å². The molecule has 0 heterocycles. The highest BCUT2D eigenvalue weighted by molar-refractivity contribution is 5.90. The molecule has 0 radical (unpaired) electrons. The molecule has 0 spiro atoms. The maximum atomic E-state index is 14.4. The van der Waals surface area contributed by atoms with Crippen LogP contribution in [0.5, 0.6) is 11.5 Å². The Morgan fingerprint density at radius 1 is 0.739 bits per heavy atom. The number of hydrogen-bond donors (Lipinski definition) is 0. The summed E-state index contributed by atoms with van der Waals surface area (Å²) in [4.78, 5) is 0. The van der Waals surface area contributed by atoms with Gasteiger partial charge in [-0.2, -0.15) is 0 Å². The Labute approximate surface area is 131 Å². The van der Waals surface area contributed by atoms with E-state index in [1.807, 2.05) is 0 Å². The highest BCUT2D eigenvalue weighted by Crippen LogP contribution is 2.35. The number of halogens is 3. The lowest BCUT2D eigenvalue weighted by molar-refractivity contribution is 0.388. The Balaban J connectivity index is 2.25. The minimum absolute atomic E-state index is 0.0576. The minimum atomic E-state index is -1.23. The fraction of sp³-hybridized carbons (Fsp3) is 0.111. The van der Waals surface area contributed by atoms with Crippen LogP contribution in [0, 0.1) is 17.5 Å². The molecule has 0 aliphatic rings. The quantitative estimate of drug-likeness (QED) is 0.681. The molecule has 3 aromatic rings. The first-order valence-electron chi connectivity index (χ1n) is 6.85. The molecule has 0 aliphatic carbocycles. The second-order valence-electron chi connectivity index (χ2n) is 4.96. The third kappa shape index (κ3) is 2.48. The topological polar surface area (TPSA) is 18.5 Å². The summed E-state index contributed by atoms with van der Waals surface area (Å²) >= 11 is 0. The van der Waals surface area contributed by atoms with Gasteiger partial charge >= 0.3 is 0 Å². The summed E-state index contributed by atoms with van der Waals surface area (Å²) in [5.74, 6) is -2.78. The van der Waals surface area contributed by atoms with Gasteiger partial charge in [-0.15, -0.1) is 0 Å². The molecule has 118 valence electrons. The predicted octanol–water partition coefficient (Wildman–Crippen LogP) is 4.94. The van der Waals surface area contributed by atoms with Crippen LogP contribution in [0.25, 0.3) is 21.9 Å². The molecule has 0 fully saturated rings. The van der Waals surface area contributed by atoms with Crippen LogP contribution >= 0.6 is 0 Å². The predicted molar refractivity (Wildman–Crippen MR) is 82.4 cm³/mol. The minimum Gasteiger partial charge on any atom is -0.497 e. The lowest BCUT2D eigenvalue weighted by Crippen LogP contribution is -1.97. The number of benzene rings is 3. The molecule has 23 heavy (non-hydrogen) atoms. The summed E-state index contributed by atoms with van der Waals surface area (Å²) in [5.41, 5.74) is 0.530. The normalized spacial score (nSPS) is 10.8. The zero-order chi connectivity index (χ0) is 16.6. The number of hydrogen-bond acceptors (Lipinski definition) is 2. The van der Waals surface area contributed by atoms with E-state index in [0.29, 0.717) is 11.3 Å². The summed E-state index contributed by atoms with van der Waals surface area (Å²) in [7, 11) is 2.78. The maximum absolute atomic E-state index is 14.4. The van der Waals surface area contributed by atoms with Crippen molar-refractivity contribution in [2.24, 2.45) is 0 Å². The first-order chi connectivity index (χ1) is 11.1. The second-order valence-corrected chi connectivity index (χ2v) is 4.96. The molecule has 3 aromatic carbocycles. The van der Waals surface area contributed by atoms with Gasteiger partial charge in [0.15, 0.2) is 23.2 Å². The largest absolute Gasteiger partial charge is 0.497 e. The van der Waals surface area contributed by atoms with Crippen molar-refractivity contribution in [3.63, 3.8) is 0 Å². The van der Waals surface area contributed by atoms with Gasteiger partial charge in [0.2, 0.25) is 0 Å². The molecule has 0 unspecified atom stereocenters. The zero-order valence-corrected chi connectivity index (χ0v) is 12.5. The molecular weight excluding hydrogens is 305 g/mol. The summed E-state index contributed by atoms with van der Waals surface area (Å²) in [6.45, 7) is 0. The summed E-state index contributed by atoms with van der Waals surface area (Å²) in [5, 5.41) is -0.160. The molecule has 5 heteroatoms. The first kappa shape index (κ1) is 15.2. The third-order valence-corrected chi connectivity index (χ3v) is 3.71. The van der Waals surface area contributed by atoms with Crippen molar-refractivity contribution in [2.45, 2.75) is 0 Å². The lowest BCUT2D eigenvalue weighted by Gasteiger charge is -2.11. The molecule has 0 bridgehead atoms. The van der Waals surface area contributed by atoms with E-state index in [1.165, 1.54) is 32.4 Å². The molecule has 0 saturated heterocycles. The Kier molecular flexibility index (Phi) is 3.86. The average molecular weight is 318 g/mol. The SMILES string of the molecule is COc1ccc(-c2cc3ccc(OC)c(F)c3c(F)c2F)cc1. The van der Waals surface area contributed by atoms with E-state index in [9.17, 15) is 13.2 Å². The number of rotatable bonds is 3. The van der Waals surface area contributed by atoms with E-state index in [-0.39, 0.29) is 16.7 Å². The van der Waals surface area contributed by atoms with Gasteiger partial charge in [-0.05, 0) is 35.2 Å². The van der Waals surface area contributed by atoms with Crippen molar-refractivity contribution < 1.29 is 22.6 Å². The number of methoxy groups -OCH3 is 2. The molecule has 0 aromatic heterocycles. The van der Waals surface area contributed by atoms with Crippen LogP contribution in [0.4, 0.5) is 13.2 Å². The summed E-state index contributed by atoms with van der Waals surface area (Å²) in [6.07, 6.45) is 0. The molecule has 0 aliphatic heterocycles. The van der Waals surface area contributed by atoms with Gasteiger partial charge in [0.05, 0.1) is 19.6 Å². The van der Waals surface area contributed by atoms with Crippen molar-refractivity contribution in [3.05, 3.63) is 59.9 Å². The molecular formula is C18H13F3O2. The van der Waals surface area contributed by atoms with Gasteiger partial charge < -0.3 is 9.47 Å². The van der Waals surface area contributed by atoms with Crippen LogP contribution in [0.1, 0.15) is 0 Å². The standard InChI is InChI=1S/C18H13F3O2/c1-22-12-6-3-10(4-7-12)13-9-11-5-8-14(23-2)17(20)15(11)18(21)16(13)19/h3-9H,1-2H3. The van der Waals surface area contributed by atoms with Gasteiger partial charge in [-0.1, -0.05) is 18.2 Å². The van der Waals surface area contributed by atoms with Crippen LogP contribution < -0.4 is 9.47 Å². The van der Waals surface area contributed by atoms with Crippen molar-refractivity contribution in [1.29, 1.82) is 0 Å². The Hall–Kier alpha value is -2.69. The van der Waals surface area contributed by atoms with Crippen LogP contribution in [0.2, 0.25) is 0 Å². The van der Waals surface area contributed by atoms with Crippen molar-refractivity contribution in [3.8, 4) is 22.6 Å². The van der Waals surface area contributed by atoms with Gasteiger partial charge in [0, 0.05) is 5.56 Å². The Morgan fingerprint density at radius 2 is 1.43 bits per heavy atom. The van der Waals surface area contributed by atoms with E-state index in [2.05, 4.69) is 0 Å². The molecule has 0 N–H and O–H groups in total. The van der Waals surface area contributed by atoms with E-state index in [1.54, 1.807) is 24.3 Å². The summed E-state index contributed by atoms with van der Waals surface area (Å²) in [6, 6.07) is 10.8. The van der Waals surface area contributed by atoms with Gasteiger partial charge in [-0.3, -0.25) is 0 Å². The Morgan fingerprint density at radius 3 is 2.04 bits per heavy atom. The van der Waals surface area contributed by atoms with E-state index < -0.39 is 22.8 Å². The average Bonchev–Trinajstić information content (AvgIpc) is 2.58. The smallest absolute Gasteiger partial charge is 0.175 e. The first-order valence-corrected chi connectivity index (χ1v) is 6.85. The number of fused-ring (bicyclic) bond motifs is 1. The van der Waals surface area contributed by atoms with E-state index in [4.69, 9.17) is 9.47 Å². The monoisotopic (exact) mass is 318 g/mol. The molecule has 3 rings (SSSR count). The van der Waals surface area contributed by atoms with E-state index >= 15 is 0 Å². The highest BCUT2D eigenvalue weighted by Gasteiger charge is 2.19. The molecule has 0 atom stereocenters. The molecule has 2 nitrogen and oxygen atoms in total. The van der Waals surface area contributed by atoms with Crippen molar-refractivity contribution >= 4 is 10.8 Å². The van der Waals surface area contributed by atoms with E-state index in [0.717, 1.165) is 0 Å². The number of ether oxygens (including phenoxy) is 2. The van der Waals surface area contributed by atoms with Crippen LogP contribution in [-0.2, 0) is 0 Å². The van der Waals surface area contributed by atoms with Crippen molar-refractivity contribution in [2.75, 3.05) is 14.2 Å². The maximum Gasteiger partial charge on any atom is 0.175 e. The zero-order valence-electron chi connectivity index (χ0n) is 12.5. The van der Waals surface area contributed by atoms with Crippen LogP contribution in [0.3, 0.4) is 0 Å². The molecule has 0 amide bonds. The highest BCUT2D eigenvalue weighted by atomic mass is 19.2. The van der Waals surface area contributed by atoms with Crippen LogP contribution in [0.15, 0.2) is 42.5 Å². The van der Waals surface area contributed by atoms with Gasteiger partial charge in [0.1, 0.15) is 5.75 Å².